The highest BCUT2D eigenvalue weighted by Gasteiger charge is 2.03. The van der Waals surface area contributed by atoms with Gasteiger partial charge in [0.1, 0.15) is 13.2 Å². The number of hydrogen-bond acceptors (Lipinski definition) is 6. The Balaban J connectivity index is 3.21. The van der Waals surface area contributed by atoms with Gasteiger partial charge in [0.15, 0.2) is 0 Å². The van der Waals surface area contributed by atoms with Gasteiger partial charge in [-0.05, 0) is 12.8 Å². The minimum Gasteiger partial charge on any atom is -0.463 e. The van der Waals surface area contributed by atoms with Crippen LogP contribution in [-0.2, 0) is 28.5 Å². The zero-order valence-corrected chi connectivity index (χ0v) is 17.5. The second kappa shape index (κ2) is 21.2. The van der Waals surface area contributed by atoms with Crippen LogP contribution < -0.4 is 0 Å². The van der Waals surface area contributed by atoms with Crippen molar-refractivity contribution in [1.82, 2.24) is 0 Å². The molecule has 6 nitrogen and oxygen atoms in total. The zero-order chi connectivity index (χ0) is 20.0. The van der Waals surface area contributed by atoms with Gasteiger partial charge < -0.3 is 18.9 Å². The van der Waals surface area contributed by atoms with Crippen LogP contribution in [0.25, 0.3) is 0 Å². The molecule has 0 aliphatic heterocycles. The minimum atomic E-state index is -0.161. The molecule has 0 bridgehead atoms. The van der Waals surface area contributed by atoms with Crippen LogP contribution in [-0.4, -0.2) is 51.6 Å². The number of carbonyl (C=O) groups excluding carboxylic acids is 2. The topological polar surface area (TPSA) is 71.1 Å². The number of unbranched alkanes of at least 4 members (excludes halogenated alkanes) is 7. The molecule has 0 radical (unpaired) electrons. The van der Waals surface area contributed by atoms with Crippen LogP contribution in [0.3, 0.4) is 0 Å². The normalized spacial score (nSPS) is 10.7. The fraction of sp³-hybridized carbons (Fsp3) is 0.905. The van der Waals surface area contributed by atoms with Gasteiger partial charge in [-0.2, -0.15) is 0 Å². The molecule has 0 aromatic rings. The molecule has 0 saturated carbocycles. The van der Waals surface area contributed by atoms with Crippen molar-refractivity contribution in [2.24, 2.45) is 0 Å². The van der Waals surface area contributed by atoms with Gasteiger partial charge in [0, 0.05) is 12.8 Å². The Kier molecular flexibility index (Phi) is 20.3. The van der Waals surface area contributed by atoms with Crippen molar-refractivity contribution in [2.75, 3.05) is 39.6 Å². The summed E-state index contributed by atoms with van der Waals surface area (Å²) in [5.41, 5.74) is 0. The maximum Gasteiger partial charge on any atom is 0.305 e. The van der Waals surface area contributed by atoms with Crippen LogP contribution in [0.15, 0.2) is 0 Å². The van der Waals surface area contributed by atoms with E-state index in [9.17, 15) is 9.59 Å². The molecule has 6 heteroatoms. The second-order valence-electron chi connectivity index (χ2n) is 6.64. The lowest BCUT2D eigenvalue weighted by Crippen LogP contribution is -2.15. The van der Waals surface area contributed by atoms with Crippen molar-refractivity contribution in [1.29, 1.82) is 0 Å². The van der Waals surface area contributed by atoms with E-state index in [0.29, 0.717) is 39.3 Å². The fourth-order valence-electron chi connectivity index (χ4n) is 2.46. The number of hydrogen-bond donors (Lipinski definition) is 0. The van der Waals surface area contributed by atoms with E-state index in [0.717, 1.165) is 32.1 Å². The summed E-state index contributed by atoms with van der Waals surface area (Å²) in [7, 11) is 0. The summed E-state index contributed by atoms with van der Waals surface area (Å²) in [5, 5.41) is 0. The SMILES string of the molecule is CCCCCCCCC(=O)OCCOCCOCCOC(=O)CCCCC. The first kappa shape index (κ1) is 25.9. The van der Waals surface area contributed by atoms with Gasteiger partial charge in [-0.1, -0.05) is 58.8 Å². The first-order valence-corrected chi connectivity index (χ1v) is 10.7. The minimum absolute atomic E-state index is 0.147. The van der Waals surface area contributed by atoms with Gasteiger partial charge >= 0.3 is 11.9 Å². The Hall–Kier alpha value is -1.14. The first-order valence-electron chi connectivity index (χ1n) is 10.7. The van der Waals surface area contributed by atoms with Gasteiger partial charge in [0.2, 0.25) is 0 Å². The predicted molar refractivity (Wildman–Crippen MR) is 106 cm³/mol. The zero-order valence-electron chi connectivity index (χ0n) is 17.5. The average Bonchev–Trinajstić information content (AvgIpc) is 2.66. The number of rotatable bonds is 20. The van der Waals surface area contributed by atoms with Crippen molar-refractivity contribution in [2.45, 2.75) is 84.5 Å². The van der Waals surface area contributed by atoms with Gasteiger partial charge in [-0.3, -0.25) is 9.59 Å². The van der Waals surface area contributed by atoms with Gasteiger partial charge in [-0.25, -0.2) is 0 Å². The molecule has 0 saturated heterocycles. The second-order valence-corrected chi connectivity index (χ2v) is 6.64. The van der Waals surface area contributed by atoms with E-state index in [4.69, 9.17) is 18.9 Å². The Morgan fingerprint density at radius 2 is 0.889 bits per heavy atom. The van der Waals surface area contributed by atoms with Crippen molar-refractivity contribution in [3.8, 4) is 0 Å². The largest absolute Gasteiger partial charge is 0.463 e. The Morgan fingerprint density at radius 3 is 1.41 bits per heavy atom. The number of esters is 2. The molecular formula is C21H40O6. The molecular weight excluding hydrogens is 348 g/mol. The van der Waals surface area contributed by atoms with Crippen LogP contribution in [0, 0.1) is 0 Å². The van der Waals surface area contributed by atoms with E-state index in [-0.39, 0.29) is 25.2 Å². The van der Waals surface area contributed by atoms with E-state index < -0.39 is 0 Å². The monoisotopic (exact) mass is 388 g/mol. The smallest absolute Gasteiger partial charge is 0.305 e. The van der Waals surface area contributed by atoms with Gasteiger partial charge in [-0.15, -0.1) is 0 Å². The molecule has 27 heavy (non-hydrogen) atoms. The molecule has 0 fully saturated rings. The third kappa shape index (κ3) is 21.0. The summed E-state index contributed by atoms with van der Waals surface area (Å²) in [6, 6.07) is 0. The van der Waals surface area contributed by atoms with E-state index in [1.54, 1.807) is 0 Å². The maximum absolute atomic E-state index is 11.5. The van der Waals surface area contributed by atoms with Crippen LogP contribution in [0.5, 0.6) is 0 Å². The molecule has 0 aromatic carbocycles. The molecule has 0 rings (SSSR count). The molecule has 160 valence electrons. The molecule has 0 aromatic heterocycles. The average molecular weight is 389 g/mol. The van der Waals surface area contributed by atoms with Crippen LogP contribution in [0.2, 0.25) is 0 Å². The molecule has 0 N–H and O–H groups in total. The lowest BCUT2D eigenvalue weighted by atomic mass is 10.1. The molecule has 0 spiro atoms. The number of ether oxygens (including phenoxy) is 4. The van der Waals surface area contributed by atoms with E-state index in [2.05, 4.69) is 13.8 Å². The molecule has 0 aliphatic carbocycles. The van der Waals surface area contributed by atoms with Crippen molar-refractivity contribution in [3.63, 3.8) is 0 Å². The summed E-state index contributed by atoms with van der Waals surface area (Å²) in [4.78, 5) is 22.9. The first-order chi connectivity index (χ1) is 13.2. The molecule has 0 atom stereocenters. The van der Waals surface area contributed by atoms with Crippen molar-refractivity contribution < 1.29 is 28.5 Å². The third-order valence-electron chi connectivity index (χ3n) is 4.07. The van der Waals surface area contributed by atoms with E-state index >= 15 is 0 Å². The molecule has 0 amide bonds. The lowest BCUT2D eigenvalue weighted by Gasteiger charge is -2.08. The standard InChI is InChI=1S/C21H40O6/c1-3-5-7-8-9-11-13-21(23)27-19-17-25-15-14-24-16-18-26-20(22)12-10-6-4-2/h3-19H2,1-2H3. The van der Waals surface area contributed by atoms with Crippen LogP contribution in [0.4, 0.5) is 0 Å². The summed E-state index contributed by atoms with van der Waals surface area (Å²) >= 11 is 0. The van der Waals surface area contributed by atoms with Gasteiger partial charge in [0.05, 0.1) is 26.4 Å². The number of carbonyl (C=O) groups is 2. The van der Waals surface area contributed by atoms with E-state index in [1.165, 1.54) is 25.7 Å². The highest BCUT2D eigenvalue weighted by atomic mass is 16.6. The lowest BCUT2D eigenvalue weighted by molar-refractivity contribution is -0.147. The van der Waals surface area contributed by atoms with E-state index in [1.807, 2.05) is 0 Å². The fourth-order valence-corrected chi connectivity index (χ4v) is 2.46. The molecule has 0 heterocycles. The summed E-state index contributed by atoms with van der Waals surface area (Å²) < 4.78 is 20.8. The van der Waals surface area contributed by atoms with Crippen LogP contribution >= 0.6 is 0 Å². The summed E-state index contributed by atoms with van der Waals surface area (Å²) in [5.74, 6) is -0.308. The van der Waals surface area contributed by atoms with Crippen molar-refractivity contribution in [3.05, 3.63) is 0 Å². The Bertz CT molecular complexity index is 346. The summed E-state index contributed by atoms with van der Waals surface area (Å²) in [6.45, 7) is 6.46. The highest BCUT2D eigenvalue weighted by Crippen LogP contribution is 2.07. The summed E-state index contributed by atoms with van der Waals surface area (Å²) in [6.07, 6.45) is 11.0. The molecule has 0 aliphatic rings. The highest BCUT2D eigenvalue weighted by molar-refractivity contribution is 5.69. The van der Waals surface area contributed by atoms with Crippen molar-refractivity contribution >= 4 is 11.9 Å². The van der Waals surface area contributed by atoms with Crippen LogP contribution in [0.1, 0.15) is 84.5 Å². The third-order valence-corrected chi connectivity index (χ3v) is 4.07. The van der Waals surface area contributed by atoms with Gasteiger partial charge in [0.25, 0.3) is 0 Å². The predicted octanol–water partition coefficient (Wildman–Crippen LogP) is 4.44. The molecule has 0 unspecified atom stereocenters. The Morgan fingerprint density at radius 1 is 0.519 bits per heavy atom. The Labute approximate surface area is 165 Å². The maximum atomic E-state index is 11.5. The quantitative estimate of drug-likeness (QED) is 0.227.